The van der Waals surface area contributed by atoms with Crippen molar-refractivity contribution < 1.29 is 19.1 Å². The molecule has 9 heteroatoms. The van der Waals surface area contributed by atoms with Gasteiger partial charge < -0.3 is 14.8 Å². The lowest BCUT2D eigenvalue weighted by Crippen LogP contribution is -2.48. The Hall–Kier alpha value is -2.91. The van der Waals surface area contributed by atoms with Gasteiger partial charge in [-0.2, -0.15) is 0 Å². The number of likely N-dealkylation sites (tertiary alicyclic amines) is 1. The molecule has 0 saturated carbocycles. The zero-order valence-corrected chi connectivity index (χ0v) is 24.6. The molecule has 8 nitrogen and oxygen atoms in total. The summed E-state index contributed by atoms with van der Waals surface area (Å²) in [7, 11) is 0. The van der Waals surface area contributed by atoms with Crippen molar-refractivity contribution in [2.45, 2.75) is 78.2 Å². The van der Waals surface area contributed by atoms with Gasteiger partial charge in [-0.05, 0) is 103 Å². The van der Waals surface area contributed by atoms with Crippen LogP contribution in [0.2, 0.25) is 0 Å². The molecule has 0 aliphatic carbocycles. The molecule has 0 spiro atoms. The van der Waals surface area contributed by atoms with Crippen molar-refractivity contribution in [2.24, 2.45) is 0 Å². The van der Waals surface area contributed by atoms with Crippen LogP contribution in [0.1, 0.15) is 59.9 Å². The molecule has 204 valence electrons. The summed E-state index contributed by atoms with van der Waals surface area (Å²) in [5.41, 5.74) is 2.06. The number of aromatic nitrogens is 2. The molecular formula is C29H37BrN4O4. The molecule has 1 N–H and O–H groups in total. The van der Waals surface area contributed by atoms with E-state index in [9.17, 15) is 9.59 Å². The fourth-order valence-electron chi connectivity index (χ4n) is 4.64. The number of halogens is 1. The van der Waals surface area contributed by atoms with Crippen molar-refractivity contribution in [3.05, 3.63) is 52.6 Å². The Morgan fingerprint density at radius 3 is 2.50 bits per heavy atom. The second-order valence-electron chi connectivity index (χ2n) is 11.8. The molecule has 1 aliphatic rings. The van der Waals surface area contributed by atoms with E-state index < -0.39 is 17.3 Å². The molecule has 4 rings (SSSR count). The highest BCUT2D eigenvalue weighted by Gasteiger charge is 2.26. The summed E-state index contributed by atoms with van der Waals surface area (Å²) in [6.45, 7) is 13.5. The molecule has 0 unspecified atom stereocenters. The van der Waals surface area contributed by atoms with Crippen LogP contribution in [0.25, 0.3) is 22.3 Å². The maximum Gasteiger partial charge on any atom is 0.419 e. The van der Waals surface area contributed by atoms with Gasteiger partial charge in [-0.1, -0.05) is 15.9 Å². The molecule has 1 aliphatic heterocycles. The van der Waals surface area contributed by atoms with Gasteiger partial charge in [0.2, 0.25) is 0 Å². The molecule has 1 amide bonds. The summed E-state index contributed by atoms with van der Waals surface area (Å²) in [6, 6.07) is 11.8. The number of amides is 1. The van der Waals surface area contributed by atoms with Gasteiger partial charge in [-0.3, -0.25) is 9.88 Å². The van der Waals surface area contributed by atoms with Gasteiger partial charge in [0.1, 0.15) is 11.2 Å². The van der Waals surface area contributed by atoms with Crippen molar-refractivity contribution in [1.82, 2.24) is 19.8 Å². The first-order chi connectivity index (χ1) is 17.8. The van der Waals surface area contributed by atoms with E-state index in [1.807, 2.05) is 77.9 Å². The van der Waals surface area contributed by atoms with Crippen LogP contribution in [0.5, 0.6) is 0 Å². The Balaban J connectivity index is 1.56. The number of ether oxygens (including phenoxy) is 2. The first kappa shape index (κ1) is 28.1. The highest BCUT2D eigenvalue weighted by atomic mass is 79.9. The molecule has 3 aromatic rings. The smallest absolute Gasteiger partial charge is 0.419 e. The van der Waals surface area contributed by atoms with E-state index in [0.717, 1.165) is 46.9 Å². The quantitative estimate of drug-likeness (QED) is 0.365. The zero-order chi connectivity index (χ0) is 27.7. The summed E-state index contributed by atoms with van der Waals surface area (Å²) in [5.74, 6) is 0. The summed E-state index contributed by atoms with van der Waals surface area (Å²) in [4.78, 5) is 32.5. The third-order valence-electron chi connectivity index (χ3n) is 6.06. The number of pyridine rings is 1. The minimum atomic E-state index is -0.631. The van der Waals surface area contributed by atoms with Crippen molar-refractivity contribution in [3.63, 3.8) is 0 Å². The maximum atomic E-state index is 13.3. The number of benzene rings is 1. The molecule has 0 bridgehead atoms. The molecule has 0 radical (unpaired) electrons. The summed E-state index contributed by atoms with van der Waals surface area (Å²) in [5, 5.41) is 3.93. The van der Waals surface area contributed by atoms with Crippen LogP contribution in [0, 0.1) is 0 Å². The van der Waals surface area contributed by atoms with Gasteiger partial charge in [0, 0.05) is 35.2 Å². The fourth-order valence-corrected chi connectivity index (χ4v) is 5.02. The number of fused-ring (bicyclic) bond motifs is 1. The number of rotatable bonds is 4. The van der Waals surface area contributed by atoms with Crippen LogP contribution >= 0.6 is 15.9 Å². The van der Waals surface area contributed by atoms with E-state index in [4.69, 9.17) is 9.47 Å². The lowest BCUT2D eigenvalue weighted by Gasteiger charge is -2.33. The normalized spacial score (nSPS) is 16.9. The largest absolute Gasteiger partial charge is 0.444 e. The predicted molar refractivity (Wildman–Crippen MR) is 152 cm³/mol. The maximum absolute atomic E-state index is 13.3. The number of piperidine rings is 1. The molecule has 1 atom stereocenters. The number of carbonyl (C=O) groups excluding carboxylic acids is 2. The zero-order valence-electron chi connectivity index (χ0n) is 23.0. The molecule has 1 fully saturated rings. The standard InChI is InChI=1S/C29H37BrN4O4/c1-28(2,3)37-26(35)32-22-8-7-13-33(18-22)17-19-11-12-31-23(14-19)25-16-20-15-21(30)9-10-24(20)34(25)27(36)38-29(4,5)6/h9-12,14-16,22H,7-8,13,17-18H2,1-6H3,(H,32,35)/t22-/m1/s1. The van der Waals surface area contributed by atoms with Crippen LogP contribution in [0.3, 0.4) is 0 Å². The van der Waals surface area contributed by atoms with E-state index in [0.29, 0.717) is 17.9 Å². The third kappa shape index (κ3) is 7.35. The number of carbonyl (C=O) groups is 2. The summed E-state index contributed by atoms with van der Waals surface area (Å²) < 4.78 is 13.7. The van der Waals surface area contributed by atoms with Crippen LogP contribution in [-0.4, -0.2) is 57.0 Å². The van der Waals surface area contributed by atoms with E-state index in [1.54, 1.807) is 10.8 Å². The van der Waals surface area contributed by atoms with Crippen molar-refractivity contribution in [2.75, 3.05) is 13.1 Å². The first-order valence-electron chi connectivity index (χ1n) is 13.0. The Morgan fingerprint density at radius 2 is 1.79 bits per heavy atom. The number of nitrogens with one attached hydrogen (secondary N) is 1. The van der Waals surface area contributed by atoms with Crippen LogP contribution < -0.4 is 5.32 Å². The predicted octanol–water partition coefficient (Wildman–Crippen LogP) is 6.74. The number of hydrogen-bond acceptors (Lipinski definition) is 6. The Morgan fingerprint density at radius 1 is 1.05 bits per heavy atom. The summed E-state index contributed by atoms with van der Waals surface area (Å²) >= 11 is 3.53. The highest BCUT2D eigenvalue weighted by molar-refractivity contribution is 9.10. The minimum Gasteiger partial charge on any atom is -0.444 e. The average Bonchev–Trinajstić information content (AvgIpc) is 3.16. The van der Waals surface area contributed by atoms with Gasteiger partial charge >= 0.3 is 12.2 Å². The molecular weight excluding hydrogens is 548 g/mol. The van der Waals surface area contributed by atoms with Gasteiger partial charge in [-0.25, -0.2) is 14.2 Å². The number of alkyl carbamates (subject to hydrolysis) is 1. The average molecular weight is 586 g/mol. The second-order valence-corrected chi connectivity index (χ2v) is 12.7. The van der Waals surface area contributed by atoms with Gasteiger partial charge in [0.05, 0.1) is 16.9 Å². The molecule has 38 heavy (non-hydrogen) atoms. The van der Waals surface area contributed by atoms with E-state index in [2.05, 4.69) is 31.1 Å². The van der Waals surface area contributed by atoms with Crippen molar-refractivity contribution in [3.8, 4) is 11.4 Å². The Kier molecular flexibility index (Phi) is 8.18. The van der Waals surface area contributed by atoms with Crippen LogP contribution in [0.15, 0.2) is 47.1 Å². The SMILES string of the molecule is CC(C)(C)OC(=O)N[C@@H]1CCCN(Cc2ccnc(-c3cc4cc(Br)ccc4n3C(=O)OC(C)(C)C)c2)C1. The lowest BCUT2D eigenvalue weighted by molar-refractivity contribution is 0.0468. The topological polar surface area (TPSA) is 85.7 Å². The Labute approximate surface area is 232 Å². The van der Waals surface area contributed by atoms with E-state index >= 15 is 0 Å². The van der Waals surface area contributed by atoms with Crippen LogP contribution in [0.4, 0.5) is 9.59 Å². The fraction of sp³-hybridized carbons (Fsp3) is 0.483. The number of nitrogens with zero attached hydrogens (tertiary/aromatic N) is 3. The highest BCUT2D eigenvalue weighted by Crippen LogP contribution is 2.31. The molecule has 1 aromatic carbocycles. The summed E-state index contributed by atoms with van der Waals surface area (Å²) in [6.07, 6.45) is 2.86. The minimum absolute atomic E-state index is 0.0352. The monoisotopic (exact) mass is 584 g/mol. The van der Waals surface area contributed by atoms with E-state index in [-0.39, 0.29) is 12.1 Å². The first-order valence-corrected chi connectivity index (χ1v) is 13.8. The van der Waals surface area contributed by atoms with E-state index in [1.165, 1.54) is 0 Å². The lowest BCUT2D eigenvalue weighted by atomic mass is 10.0. The third-order valence-corrected chi connectivity index (χ3v) is 6.55. The van der Waals surface area contributed by atoms with Crippen molar-refractivity contribution in [1.29, 1.82) is 0 Å². The Bertz CT molecular complexity index is 1320. The van der Waals surface area contributed by atoms with Gasteiger partial charge in [-0.15, -0.1) is 0 Å². The molecule has 1 saturated heterocycles. The molecule has 2 aromatic heterocycles. The second kappa shape index (κ2) is 11.1. The van der Waals surface area contributed by atoms with Crippen molar-refractivity contribution >= 4 is 39.0 Å². The molecule has 3 heterocycles. The van der Waals surface area contributed by atoms with Gasteiger partial charge in [0.25, 0.3) is 0 Å². The van der Waals surface area contributed by atoms with Crippen LogP contribution in [-0.2, 0) is 16.0 Å². The number of hydrogen-bond donors (Lipinski definition) is 1. The van der Waals surface area contributed by atoms with Gasteiger partial charge in [0.15, 0.2) is 0 Å².